The molecule has 4 rings (SSSR count). The smallest absolute Gasteiger partial charge is 0.417 e. The van der Waals surface area contributed by atoms with Gasteiger partial charge in [0.2, 0.25) is 0 Å². The quantitative estimate of drug-likeness (QED) is 0.565. The second kappa shape index (κ2) is 7.97. The molecular weight excluding hydrogens is 423 g/mol. The summed E-state index contributed by atoms with van der Waals surface area (Å²) in [6, 6.07) is 12.1. The molecule has 29 heavy (non-hydrogen) atoms. The number of halogens is 3. The molecule has 4 nitrogen and oxygen atoms in total. The van der Waals surface area contributed by atoms with Crippen molar-refractivity contribution in [3.8, 4) is 0 Å². The fraction of sp³-hybridized carbons (Fsp3) is 0.250. The fourth-order valence-corrected chi connectivity index (χ4v) is 5.65. The second-order valence-electron chi connectivity index (χ2n) is 6.62. The van der Waals surface area contributed by atoms with E-state index in [1.165, 1.54) is 12.1 Å². The summed E-state index contributed by atoms with van der Waals surface area (Å²) in [5.41, 5.74) is -0.589. The molecule has 0 bridgehead atoms. The van der Waals surface area contributed by atoms with Crippen molar-refractivity contribution in [3.05, 3.63) is 75.6 Å². The van der Waals surface area contributed by atoms with E-state index in [-0.39, 0.29) is 11.0 Å². The van der Waals surface area contributed by atoms with E-state index in [0.29, 0.717) is 22.9 Å². The molecule has 1 fully saturated rings. The van der Waals surface area contributed by atoms with Gasteiger partial charge in [0.05, 0.1) is 16.3 Å². The molecule has 0 radical (unpaired) electrons. The standard InChI is InChI=1S/C20H16F3NO3S2/c21-20(22,23)17-11-19(25)27-18-6-3-14(10-16(17)18)9-13-1-4-15(5-2-13)29(26)24-7-8-28-12-24/h1-6,10-11H,7-9,12H2. The Balaban J connectivity index is 1.60. The van der Waals surface area contributed by atoms with Crippen LogP contribution in [0.5, 0.6) is 0 Å². The van der Waals surface area contributed by atoms with Gasteiger partial charge in [0, 0.05) is 23.8 Å². The van der Waals surface area contributed by atoms with Crippen molar-refractivity contribution in [1.29, 1.82) is 0 Å². The van der Waals surface area contributed by atoms with Crippen LogP contribution in [0.1, 0.15) is 16.7 Å². The zero-order valence-electron chi connectivity index (χ0n) is 15.1. The molecule has 0 spiro atoms. The SMILES string of the molecule is O=c1cc(C(F)(F)F)c2cc(Cc3ccc(S(=O)N4CCSC4)cc3)ccc2o1. The van der Waals surface area contributed by atoms with Gasteiger partial charge >= 0.3 is 11.8 Å². The van der Waals surface area contributed by atoms with Crippen LogP contribution in [0.4, 0.5) is 13.2 Å². The van der Waals surface area contributed by atoms with E-state index in [4.69, 9.17) is 4.42 Å². The van der Waals surface area contributed by atoms with Gasteiger partial charge in [0.25, 0.3) is 0 Å². The van der Waals surface area contributed by atoms with Crippen LogP contribution in [-0.4, -0.2) is 26.7 Å². The van der Waals surface area contributed by atoms with Gasteiger partial charge in [-0.05, 0) is 41.8 Å². The van der Waals surface area contributed by atoms with Crippen LogP contribution in [0.3, 0.4) is 0 Å². The van der Waals surface area contributed by atoms with Crippen LogP contribution in [0, 0.1) is 0 Å². The first-order valence-corrected chi connectivity index (χ1v) is 11.0. The summed E-state index contributed by atoms with van der Waals surface area (Å²) in [5, 5.41) is -0.140. The van der Waals surface area contributed by atoms with E-state index in [1.54, 1.807) is 30.0 Å². The van der Waals surface area contributed by atoms with Crippen LogP contribution < -0.4 is 5.63 Å². The van der Waals surface area contributed by atoms with Crippen molar-refractivity contribution in [2.45, 2.75) is 17.5 Å². The van der Waals surface area contributed by atoms with Gasteiger partial charge in [-0.15, -0.1) is 11.8 Å². The predicted molar refractivity (Wildman–Crippen MR) is 107 cm³/mol. The van der Waals surface area contributed by atoms with Gasteiger partial charge in [-0.2, -0.15) is 13.2 Å². The minimum Gasteiger partial charge on any atom is -0.423 e. The van der Waals surface area contributed by atoms with Crippen LogP contribution in [0.25, 0.3) is 11.0 Å². The molecule has 0 N–H and O–H groups in total. The van der Waals surface area contributed by atoms with E-state index < -0.39 is 28.4 Å². The number of rotatable bonds is 4. The first kappa shape index (κ1) is 20.2. The van der Waals surface area contributed by atoms with Crippen molar-refractivity contribution in [2.24, 2.45) is 0 Å². The Labute approximate surface area is 171 Å². The third-order valence-corrected chi connectivity index (χ3v) is 7.19. The Morgan fingerprint density at radius 1 is 1.07 bits per heavy atom. The van der Waals surface area contributed by atoms with Crippen LogP contribution in [-0.2, 0) is 23.6 Å². The summed E-state index contributed by atoms with van der Waals surface area (Å²) in [4.78, 5) is 12.1. The zero-order chi connectivity index (χ0) is 20.6. The first-order chi connectivity index (χ1) is 13.8. The normalized spacial score (nSPS) is 16.4. The van der Waals surface area contributed by atoms with E-state index in [9.17, 15) is 22.2 Å². The molecule has 1 aliphatic heterocycles. The second-order valence-corrected chi connectivity index (χ2v) is 9.18. The molecule has 0 saturated carbocycles. The minimum atomic E-state index is -4.65. The van der Waals surface area contributed by atoms with Crippen molar-refractivity contribution in [1.82, 2.24) is 4.31 Å². The Morgan fingerprint density at radius 3 is 2.45 bits per heavy atom. The zero-order valence-corrected chi connectivity index (χ0v) is 16.7. The highest BCUT2D eigenvalue weighted by molar-refractivity contribution is 8.00. The molecule has 2 aromatic carbocycles. The van der Waals surface area contributed by atoms with Crippen molar-refractivity contribution < 1.29 is 21.8 Å². The van der Waals surface area contributed by atoms with E-state index in [1.807, 2.05) is 16.4 Å². The van der Waals surface area contributed by atoms with Crippen LogP contribution in [0.2, 0.25) is 0 Å². The number of hydrogen-bond acceptors (Lipinski definition) is 4. The van der Waals surface area contributed by atoms with Gasteiger partial charge < -0.3 is 4.42 Å². The highest BCUT2D eigenvalue weighted by Crippen LogP contribution is 2.34. The summed E-state index contributed by atoms with van der Waals surface area (Å²) in [5.74, 6) is 1.70. The number of thioether (sulfide) groups is 1. The maximum absolute atomic E-state index is 13.3. The molecule has 9 heteroatoms. The molecule has 1 atom stereocenters. The van der Waals surface area contributed by atoms with E-state index in [2.05, 4.69) is 0 Å². The van der Waals surface area contributed by atoms with E-state index in [0.717, 1.165) is 23.7 Å². The number of fused-ring (bicyclic) bond motifs is 1. The molecule has 3 aromatic rings. The summed E-state index contributed by atoms with van der Waals surface area (Å²) in [6.07, 6.45) is -4.24. The lowest BCUT2D eigenvalue weighted by Gasteiger charge is -2.13. The molecule has 2 heterocycles. The van der Waals surface area contributed by atoms with Gasteiger partial charge in [0.15, 0.2) is 0 Å². The van der Waals surface area contributed by atoms with Gasteiger partial charge in [-0.25, -0.2) is 13.3 Å². The lowest BCUT2D eigenvalue weighted by atomic mass is 10.0. The fourth-order valence-electron chi connectivity index (χ4n) is 3.19. The Kier molecular flexibility index (Phi) is 5.54. The van der Waals surface area contributed by atoms with Gasteiger partial charge in [-0.1, -0.05) is 18.2 Å². The number of alkyl halides is 3. The molecule has 0 amide bonds. The first-order valence-electron chi connectivity index (χ1n) is 8.79. The van der Waals surface area contributed by atoms with Crippen LogP contribution >= 0.6 is 11.8 Å². The monoisotopic (exact) mass is 439 g/mol. The van der Waals surface area contributed by atoms with E-state index >= 15 is 0 Å². The van der Waals surface area contributed by atoms with Crippen LogP contribution in [0.15, 0.2) is 62.6 Å². The van der Waals surface area contributed by atoms with Crippen molar-refractivity contribution >= 4 is 33.7 Å². The molecule has 1 aliphatic rings. The summed E-state index contributed by atoms with van der Waals surface area (Å²) in [7, 11) is -1.20. The molecule has 0 aliphatic carbocycles. The highest BCUT2D eigenvalue weighted by Gasteiger charge is 2.33. The average Bonchev–Trinajstić information content (AvgIpc) is 3.22. The molecule has 152 valence electrons. The Bertz CT molecular complexity index is 1120. The topological polar surface area (TPSA) is 50.5 Å². The maximum atomic E-state index is 13.3. The summed E-state index contributed by atoms with van der Waals surface area (Å²) < 4.78 is 59.2. The molecule has 1 saturated heterocycles. The minimum absolute atomic E-state index is 0.0946. The number of nitrogens with zero attached hydrogens (tertiary/aromatic N) is 1. The molecule has 1 unspecified atom stereocenters. The third-order valence-electron chi connectivity index (χ3n) is 4.60. The third kappa shape index (κ3) is 4.41. The largest absolute Gasteiger partial charge is 0.423 e. The Hall–Kier alpha value is -2.10. The lowest BCUT2D eigenvalue weighted by molar-refractivity contribution is -0.136. The van der Waals surface area contributed by atoms with Gasteiger partial charge in [0.1, 0.15) is 16.6 Å². The molecule has 1 aromatic heterocycles. The number of hydrogen-bond donors (Lipinski definition) is 0. The average molecular weight is 439 g/mol. The Morgan fingerprint density at radius 2 is 1.79 bits per heavy atom. The molecular formula is C20H16F3NO3S2. The van der Waals surface area contributed by atoms with Crippen molar-refractivity contribution in [3.63, 3.8) is 0 Å². The maximum Gasteiger partial charge on any atom is 0.417 e. The van der Waals surface area contributed by atoms with Gasteiger partial charge in [-0.3, -0.25) is 0 Å². The summed E-state index contributed by atoms with van der Waals surface area (Å²) in [6.45, 7) is 0.786. The summed E-state index contributed by atoms with van der Waals surface area (Å²) >= 11 is 1.74. The number of benzene rings is 2. The lowest BCUT2D eigenvalue weighted by Crippen LogP contribution is -2.22. The highest BCUT2D eigenvalue weighted by atomic mass is 32.2. The predicted octanol–water partition coefficient (Wildman–Crippen LogP) is 4.43. The van der Waals surface area contributed by atoms with Crippen molar-refractivity contribution in [2.75, 3.05) is 18.2 Å².